The molecule has 0 saturated heterocycles. The van der Waals surface area contributed by atoms with Crippen LogP contribution in [0.15, 0.2) is 47.2 Å². The lowest BCUT2D eigenvalue weighted by Gasteiger charge is -2.44. The molecule has 1 aromatic heterocycles. The highest BCUT2D eigenvalue weighted by atomic mass is 19.1. The molecule has 6 nitrogen and oxygen atoms in total. The number of hydrogen-bond donors (Lipinski definition) is 1. The Balaban J connectivity index is 1.21. The molecule has 1 unspecified atom stereocenters. The third kappa shape index (κ3) is 4.28. The van der Waals surface area contributed by atoms with Gasteiger partial charge in [0.2, 0.25) is 11.5 Å². The van der Waals surface area contributed by atoms with Crippen molar-refractivity contribution in [3.05, 3.63) is 71.1 Å². The number of aryl methyl sites for hydroxylation is 1. The second-order valence-corrected chi connectivity index (χ2v) is 12.1. The Bertz CT molecular complexity index is 1380. The van der Waals surface area contributed by atoms with Crippen molar-refractivity contribution in [3.8, 4) is 11.5 Å². The zero-order valence-corrected chi connectivity index (χ0v) is 22.1. The highest BCUT2D eigenvalue weighted by molar-refractivity contribution is 6.10. The third-order valence-electron chi connectivity index (χ3n) is 9.07. The number of fused-ring (bicyclic) bond motifs is 1. The lowest BCUT2D eigenvalue weighted by molar-refractivity contribution is -0.133. The molecule has 3 aromatic rings. The summed E-state index contributed by atoms with van der Waals surface area (Å²) in [4.78, 5) is 22.5. The van der Waals surface area contributed by atoms with E-state index in [1.807, 2.05) is 0 Å². The summed E-state index contributed by atoms with van der Waals surface area (Å²) in [5, 5.41) is 12.0. The molecular weight excluding hydrogens is 500 g/mol. The fourth-order valence-electron chi connectivity index (χ4n) is 6.65. The lowest BCUT2D eigenvalue weighted by atomic mass is 9.78. The number of benzene rings is 2. The molecule has 2 aromatic carbocycles. The maximum absolute atomic E-state index is 15.1. The number of rotatable bonds is 9. The van der Waals surface area contributed by atoms with Crippen molar-refractivity contribution < 1.29 is 23.1 Å². The summed E-state index contributed by atoms with van der Waals surface area (Å²) in [6.45, 7) is 4.46. The second-order valence-electron chi connectivity index (χ2n) is 12.1. The molecule has 2 heterocycles. The van der Waals surface area contributed by atoms with E-state index in [1.165, 1.54) is 62.2 Å². The standard InChI is InChI=1S/C31H33F2N3O3/c1-18-11-22(29-34-9-10-39-29)14-26-27(18)31(38,28-24(32)3-2-4-25(28)33)30(37)36(26)17-21-12-23(13-21)35(15-19-5-6-19)16-20-7-8-20/h2-4,9-11,14,19-21,23,38H,5-8,12-13,15-17H2,1H3. The summed E-state index contributed by atoms with van der Waals surface area (Å²) in [5.41, 5.74) is -1.25. The summed E-state index contributed by atoms with van der Waals surface area (Å²) < 4.78 is 35.6. The molecule has 0 radical (unpaired) electrons. The Morgan fingerprint density at radius 1 is 1.05 bits per heavy atom. The van der Waals surface area contributed by atoms with Crippen LogP contribution in [0, 0.1) is 36.3 Å². The first-order valence-corrected chi connectivity index (χ1v) is 14.1. The van der Waals surface area contributed by atoms with E-state index in [0.29, 0.717) is 35.3 Å². The summed E-state index contributed by atoms with van der Waals surface area (Å²) in [6, 6.07) is 7.37. The predicted molar refractivity (Wildman–Crippen MR) is 142 cm³/mol. The van der Waals surface area contributed by atoms with Crippen molar-refractivity contribution >= 4 is 11.6 Å². The molecule has 39 heavy (non-hydrogen) atoms. The Hall–Kier alpha value is -3.10. The van der Waals surface area contributed by atoms with Gasteiger partial charge < -0.3 is 14.4 Å². The van der Waals surface area contributed by atoms with Crippen LogP contribution in [0.5, 0.6) is 0 Å². The highest BCUT2D eigenvalue weighted by Crippen LogP contribution is 2.50. The average molecular weight is 534 g/mol. The summed E-state index contributed by atoms with van der Waals surface area (Å²) in [5.74, 6) is -0.338. The Morgan fingerprint density at radius 2 is 1.72 bits per heavy atom. The summed E-state index contributed by atoms with van der Waals surface area (Å²) in [6.07, 6.45) is 10.3. The zero-order chi connectivity index (χ0) is 26.9. The quantitative estimate of drug-likeness (QED) is 0.398. The molecule has 204 valence electrons. The first kappa shape index (κ1) is 24.9. The van der Waals surface area contributed by atoms with Crippen LogP contribution >= 0.6 is 0 Å². The minimum atomic E-state index is -2.46. The number of oxazole rings is 1. The maximum Gasteiger partial charge on any atom is 0.268 e. The number of halogens is 2. The van der Waals surface area contributed by atoms with Crippen molar-refractivity contribution in [3.63, 3.8) is 0 Å². The molecule has 1 N–H and O–H groups in total. The molecule has 3 saturated carbocycles. The van der Waals surface area contributed by atoms with Gasteiger partial charge in [-0.2, -0.15) is 0 Å². The van der Waals surface area contributed by atoms with E-state index in [2.05, 4.69) is 9.88 Å². The number of aliphatic hydroxyl groups is 1. The van der Waals surface area contributed by atoms with Gasteiger partial charge in [-0.1, -0.05) is 6.07 Å². The number of nitrogens with zero attached hydrogens (tertiary/aromatic N) is 3. The van der Waals surface area contributed by atoms with E-state index >= 15 is 8.78 Å². The molecule has 1 atom stereocenters. The third-order valence-corrected chi connectivity index (χ3v) is 9.07. The highest BCUT2D eigenvalue weighted by Gasteiger charge is 2.55. The molecule has 4 aliphatic rings. The van der Waals surface area contributed by atoms with Crippen LogP contribution in [-0.4, -0.2) is 46.6 Å². The largest absolute Gasteiger partial charge is 0.445 e. The summed E-state index contributed by atoms with van der Waals surface area (Å²) in [7, 11) is 0. The number of carbonyl (C=O) groups is 1. The van der Waals surface area contributed by atoms with Crippen LogP contribution in [-0.2, 0) is 10.4 Å². The molecule has 0 spiro atoms. The van der Waals surface area contributed by atoms with Gasteiger partial charge in [-0.15, -0.1) is 0 Å². The minimum absolute atomic E-state index is 0.215. The maximum atomic E-state index is 15.1. The molecular formula is C31H33F2N3O3. The van der Waals surface area contributed by atoms with E-state index in [9.17, 15) is 9.90 Å². The second kappa shape index (κ2) is 9.24. The van der Waals surface area contributed by atoms with Gasteiger partial charge >= 0.3 is 0 Å². The monoisotopic (exact) mass is 533 g/mol. The number of amides is 1. The fraction of sp³-hybridized carbons (Fsp3) is 0.484. The van der Waals surface area contributed by atoms with Crippen LogP contribution in [0.4, 0.5) is 14.5 Å². The van der Waals surface area contributed by atoms with Crippen LogP contribution in [0.2, 0.25) is 0 Å². The molecule has 7 rings (SSSR count). The fourth-order valence-corrected chi connectivity index (χ4v) is 6.65. The number of aromatic nitrogens is 1. The van der Waals surface area contributed by atoms with E-state index in [4.69, 9.17) is 4.42 Å². The molecule has 3 aliphatic carbocycles. The van der Waals surface area contributed by atoms with E-state index in [0.717, 1.165) is 36.8 Å². The molecule has 8 heteroatoms. The summed E-state index contributed by atoms with van der Waals surface area (Å²) >= 11 is 0. The van der Waals surface area contributed by atoms with Crippen LogP contribution < -0.4 is 4.90 Å². The van der Waals surface area contributed by atoms with Gasteiger partial charge in [0.15, 0.2) is 0 Å². The van der Waals surface area contributed by atoms with Crippen LogP contribution in [0.3, 0.4) is 0 Å². The number of carbonyl (C=O) groups excluding carboxylic acids is 1. The van der Waals surface area contributed by atoms with Gasteiger partial charge in [0.25, 0.3) is 5.91 Å². The van der Waals surface area contributed by atoms with Crippen molar-refractivity contribution in [2.75, 3.05) is 24.5 Å². The van der Waals surface area contributed by atoms with Gasteiger partial charge in [-0.05, 0) is 93.0 Å². The van der Waals surface area contributed by atoms with Crippen molar-refractivity contribution in [2.45, 2.75) is 57.1 Å². The zero-order valence-electron chi connectivity index (χ0n) is 22.1. The normalized spacial score (nSPS) is 26.3. The minimum Gasteiger partial charge on any atom is -0.445 e. The number of hydrogen-bond acceptors (Lipinski definition) is 5. The molecule has 1 aliphatic heterocycles. The van der Waals surface area contributed by atoms with Gasteiger partial charge in [-0.3, -0.25) is 9.69 Å². The smallest absolute Gasteiger partial charge is 0.268 e. The van der Waals surface area contributed by atoms with E-state index in [1.54, 1.807) is 19.1 Å². The van der Waals surface area contributed by atoms with E-state index in [-0.39, 0.29) is 11.5 Å². The van der Waals surface area contributed by atoms with Crippen molar-refractivity contribution in [2.24, 2.45) is 17.8 Å². The first-order valence-electron chi connectivity index (χ1n) is 14.1. The molecule has 0 bridgehead atoms. The van der Waals surface area contributed by atoms with Crippen LogP contribution in [0.1, 0.15) is 55.2 Å². The van der Waals surface area contributed by atoms with E-state index < -0.39 is 28.7 Å². The topological polar surface area (TPSA) is 69.8 Å². The van der Waals surface area contributed by atoms with Gasteiger partial charge in [-0.25, -0.2) is 13.8 Å². The van der Waals surface area contributed by atoms with Crippen molar-refractivity contribution in [1.82, 2.24) is 9.88 Å². The average Bonchev–Trinajstić information content (AvgIpc) is 3.80. The first-order chi connectivity index (χ1) is 18.8. The SMILES string of the molecule is Cc1cc(-c2ncco2)cc2c1C(O)(c1c(F)cccc1F)C(=O)N2CC1CC(N(CC2CC2)CC2CC2)C1. The van der Waals surface area contributed by atoms with Gasteiger partial charge in [0.05, 0.1) is 17.4 Å². The Labute approximate surface area is 226 Å². The lowest BCUT2D eigenvalue weighted by Crippen LogP contribution is -2.51. The Kier molecular flexibility index (Phi) is 5.90. The number of anilines is 1. The molecule has 1 amide bonds. The van der Waals surface area contributed by atoms with Gasteiger partial charge in [0, 0.05) is 36.8 Å². The predicted octanol–water partition coefficient (Wildman–Crippen LogP) is 5.41. The van der Waals surface area contributed by atoms with Crippen molar-refractivity contribution in [1.29, 1.82) is 0 Å². The van der Waals surface area contributed by atoms with Gasteiger partial charge in [0.1, 0.15) is 17.9 Å². The van der Waals surface area contributed by atoms with Crippen LogP contribution in [0.25, 0.3) is 11.5 Å². The Morgan fingerprint density at radius 3 is 2.31 bits per heavy atom. The molecule has 3 fully saturated rings.